The molecule has 0 radical (unpaired) electrons. The lowest BCUT2D eigenvalue weighted by Gasteiger charge is -2.15. The van der Waals surface area contributed by atoms with Crippen LogP contribution in [0.15, 0.2) is 75.8 Å². The van der Waals surface area contributed by atoms with Crippen molar-refractivity contribution in [3.63, 3.8) is 0 Å². The van der Waals surface area contributed by atoms with E-state index >= 15 is 0 Å². The second-order valence-corrected chi connectivity index (χ2v) is 8.39. The van der Waals surface area contributed by atoms with Gasteiger partial charge in [-0.25, -0.2) is 8.42 Å². The van der Waals surface area contributed by atoms with Gasteiger partial charge in [0, 0.05) is 23.9 Å². The van der Waals surface area contributed by atoms with Crippen LogP contribution in [0.3, 0.4) is 0 Å². The summed E-state index contributed by atoms with van der Waals surface area (Å²) in [5.41, 5.74) is 1.20. The Morgan fingerprint density at radius 1 is 0.815 bits per heavy atom. The fourth-order valence-corrected chi connectivity index (χ4v) is 4.75. The minimum absolute atomic E-state index is 0.195. The van der Waals surface area contributed by atoms with Crippen molar-refractivity contribution < 1.29 is 13.5 Å². The largest absolute Gasteiger partial charge is 0.507 e. The maximum absolute atomic E-state index is 12.6. The molecule has 0 atom stereocenters. The zero-order valence-corrected chi connectivity index (χ0v) is 15.4. The van der Waals surface area contributed by atoms with Gasteiger partial charge in [-0.05, 0) is 49.2 Å². The first-order valence-corrected chi connectivity index (χ1v) is 10.2. The Bertz CT molecular complexity index is 1100. The first-order chi connectivity index (χ1) is 13.1. The Hall–Kier alpha value is -2.77. The molecule has 0 bridgehead atoms. The number of phenols is 1. The Morgan fingerprint density at radius 2 is 1.48 bits per heavy atom. The van der Waals surface area contributed by atoms with Crippen LogP contribution in [0.1, 0.15) is 12.8 Å². The van der Waals surface area contributed by atoms with Gasteiger partial charge >= 0.3 is 0 Å². The van der Waals surface area contributed by atoms with E-state index in [1.807, 2.05) is 24.3 Å². The molecule has 1 N–H and O–H groups in total. The maximum atomic E-state index is 12.6. The van der Waals surface area contributed by atoms with E-state index in [0.29, 0.717) is 29.9 Å². The van der Waals surface area contributed by atoms with Gasteiger partial charge in [0.15, 0.2) is 0 Å². The molecule has 3 aromatic carbocycles. The number of nitrogens with zero attached hydrogens (tertiary/aromatic N) is 3. The number of benzene rings is 3. The highest BCUT2D eigenvalue weighted by molar-refractivity contribution is 7.89. The highest BCUT2D eigenvalue weighted by Gasteiger charge is 2.26. The van der Waals surface area contributed by atoms with E-state index in [9.17, 15) is 13.5 Å². The summed E-state index contributed by atoms with van der Waals surface area (Å²) in [5, 5.41) is 19.9. The lowest BCUT2D eigenvalue weighted by atomic mass is 10.1. The zero-order valence-electron chi connectivity index (χ0n) is 14.6. The average molecular weight is 381 g/mol. The number of aromatic hydroxyl groups is 1. The van der Waals surface area contributed by atoms with Gasteiger partial charge < -0.3 is 5.11 Å². The van der Waals surface area contributed by atoms with Gasteiger partial charge in [0.25, 0.3) is 0 Å². The number of phenolic OH excluding ortho intramolecular Hbond substituents is 1. The molecule has 7 heteroatoms. The topological polar surface area (TPSA) is 82.3 Å². The summed E-state index contributed by atoms with van der Waals surface area (Å²) in [5.74, 6) is 0.195. The highest BCUT2D eigenvalue weighted by Crippen LogP contribution is 2.33. The smallest absolute Gasteiger partial charge is 0.243 e. The van der Waals surface area contributed by atoms with E-state index in [1.54, 1.807) is 36.4 Å². The number of rotatable bonds is 4. The summed E-state index contributed by atoms with van der Waals surface area (Å²) >= 11 is 0. The van der Waals surface area contributed by atoms with Gasteiger partial charge in [-0.15, -0.1) is 5.11 Å². The molecule has 138 valence electrons. The van der Waals surface area contributed by atoms with E-state index in [4.69, 9.17) is 0 Å². The molecule has 1 aliphatic heterocycles. The van der Waals surface area contributed by atoms with Crippen LogP contribution >= 0.6 is 0 Å². The van der Waals surface area contributed by atoms with Crippen molar-refractivity contribution in [3.05, 3.63) is 60.7 Å². The summed E-state index contributed by atoms with van der Waals surface area (Å²) in [7, 11) is -3.42. The van der Waals surface area contributed by atoms with Crippen molar-refractivity contribution in [2.75, 3.05) is 13.1 Å². The molecule has 0 aliphatic carbocycles. The van der Waals surface area contributed by atoms with Crippen molar-refractivity contribution >= 4 is 32.2 Å². The standard InChI is InChI=1S/C20H19N3O3S/c24-20-12-11-19(17-5-1-2-6-18(17)20)22-21-15-7-9-16(10-8-15)27(25,26)23-13-3-4-14-23/h1-2,5-12,24H,3-4,13-14H2. The predicted octanol–water partition coefficient (Wildman–Crippen LogP) is 4.75. The fourth-order valence-electron chi connectivity index (χ4n) is 3.23. The van der Waals surface area contributed by atoms with Crippen LogP contribution < -0.4 is 0 Å². The van der Waals surface area contributed by atoms with E-state index in [0.717, 1.165) is 18.2 Å². The summed E-state index contributed by atoms with van der Waals surface area (Å²) in [6.07, 6.45) is 1.82. The molecule has 1 fully saturated rings. The first-order valence-electron chi connectivity index (χ1n) is 8.78. The predicted molar refractivity (Wildman–Crippen MR) is 104 cm³/mol. The van der Waals surface area contributed by atoms with Crippen LogP contribution in [0.2, 0.25) is 0 Å². The average Bonchev–Trinajstić information content (AvgIpc) is 3.24. The lowest BCUT2D eigenvalue weighted by Crippen LogP contribution is -2.27. The molecule has 1 aliphatic rings. The number of fused-ring (bicyclic) bond motifs is 1. The minimum Gasteiger partial charge on any atom is -0.507 e. The SMILES string of the molecule is O=S(=O)(c1ccc(N=Nc2ccc(O)c3ccccc23)cc1)N1CCCC1. The van der Waals surface area contributed by atoms with Crippen LogP contribution in [0.25, 0.3) is 10.8 Å². The van der Waals surface area contributed by atoms with Crippen LogP contribution in [-0.4, -0.2) is 30.9 Å². The summed E-state index contributed by atoms with van der Waals surface area (Å²) < 4.78 is 26.6. The second-order valence-electron chi connectivity index (χ2n) is 6.45. The number of azo groups is 1. The number of hydrogen-bond donors (Lipinski definition) is 1. The molecule has 1 heterocycles. The number of hydrogen-bond acceptors (Lipinski definition) is 5. The normalized spacial score (nSPS) is 15.7. The molecule has 0 aromatic heterocycles. The Balaban J connectivity index is 1.60. The van der Waals surface area contributed by atoms with Gasteiger partial charge in [-0.1, -0.05) is 24.3 Å². The molecule has 4 rings (SSSR count). The summed E-state index contributed by atoms with van der Waals surface area (Å²) in [4.78, 5) is 0.276. The van der Waals surface area contributed by atoms with E-state index in [2.05, 4.69) is 10.2 Å². The van der Waals surface area contributed by atoms with E-state index in [1.165, 1.54) is 4.31 Å². The molecule has 6 nitrogen and oxygen atoms in total. The Kier molecular flexibility index (Phi) is 4.63. The van der Waals surface area contributed by atoms with Gasteiger partial charge in [0.05, 0.1) is 16.3 Å². The van der Waals surface area contributed by atoms with Crippen LogP contribution in [-0.2, 0) is 10.0 Å². The molecule has 27 heavy (non-hydrogen) atoms. The zero-order chi connectivity index (χ0) is 18.9. The van der Waals surface area contributed by atoms with Gasteiger partial charge in [-0.3, -0.25) is 0 Å². The summed E-state index contributed by atoms with van der Waals surface area (Å²) in [6, 6.07) is 17.1. The Morgan fingerprint density at radius 3 is 2.19 bits per heavy atom. The number of sulfonamides is 1. The van der Waals surface area contributed by atoms with Gasteiger partial charge in [0.1, 0.15) is 5.75 Å². The molecule has 0 spiro atoms. The van der Waals surface area contributed by atoms with Crippen LogP contribution in [0, 0.1) is 0 Å². The quantitative estimate of drug-likeness (QED) is 0.662. The first kappa shape index (κ1) is 17.6. The molecule has 3 aromatic rings. The minimum atomic E-state index is -3.42. The van der Waals surface area contributed by atoms with Crippen molar-refractivity contribution in [1.29, 1.82) is 0 Å². The molecule has 1 saturated heterocycles. The molecular weight excluding hydrogens is 362 g/mol. The monoisotopic (exact) mass is 381 g/mol. The van der Waals surface area contributed by atoms with Crippen LogP contribution in [0.5, 0.6) is 5.75 Å². The van der Waals surface area contributed by atoms with Crippen molar-refractivity contribution in [2.45, 2.75) is 17.7 Å². The molecule has 0 saturated carbocycles. The third kappa shape index (κ3) is 3.43. The van der Waals surface area contributed by atoms with E-state index in [-0.39, 0.29) is 10.6 Å². The second kappa shape index (κ2) is 7.09. The molecular formula is C20H19N3O3S. The van der Waals surface area contributed by atoms with Gasteiger partial charge in [0.2, 0.25) is 10.0 Å². The third-order valence-electron chi connectivity index (χ3n) is 4.69. The Labute approximate surface area is 157 Å². The maximum Gasteiger partial charge on any atom is 0.243 e. The van der Waals surface area contributed by atoms with Gasteiger partial charge in [-0.2, -0.15) is 9.42 Å². The fraction of sp³-hybridized carbons (Fsp3) is 0.200. The third-order valence-corrected chi connectivity index (χ3v) is 6.60. The van der Waals surface area contributed by atoms with Crippen molar-refractivity contribution in [1.82, 2.24) is 4.31 Å². The van der Waals surface area contributed by atoms with Crippen molar-refractivity contribution in [2.24, 2.45) is 10.2 Å². The summed E-state index contributed by atoms with van der Waals surface area (Å²) in [6.45, 7) is 1.16. The molecule has 0 amide bonds. The van der Waals surface area contributed by atoms with E-state index < -0.39 is 10.0 Å². The highest BCUT2D eigenvalue weighted by atomic mass is 32.2. The van der Waals surface area contributed by atoms with Crippen molar-refractivity contribution in [3.8, 4) is 5.75 Å². The molecule has 0 unspecified atom stereocenters. The lowest BCUT2D eigenvalue weighted by molar-refractivity contribution is 0.477. The van der Waals surface area contributed by atoms with Crippen LogP contribution in [0.4, 0.5) is 11.4 Å².